The molecule has 2 atom stereocenters. The summed E-state index contributed by atoms with van der Waals surface area (Å²) < 4.78 is 1.11. The Balaban J connectivity index is 2.03. The maximum atomic E-state index is 11.1. The van der Waals surface area contributed by atoms with E-state index in [1.807, 2.05) is 6.92 Å². The molecule has 0 amide bonds. The van der Waals surface area contributed by atoms with Gasteiger partial charge in [-0.1, -0.05) is 35.0 Å². The van der Waals surface area contributed by atoms with Crippen molar-refractivity contribution < 1.29 is 9.90 Å². The largest absolute Gasteiger partial charge is 0.481 e. The van der Waals surface area contributed by atoms with Crippen LogP contribution in [-0.2, 0) is 11.3 Å². The molecule has 0 spiro atoms. The minimum atomic E-state index is -0.671. The lowest BCUT2D eigenvalue weighted by atomic mass is 9.99. The predicted molar refractivity (Wildman–Crippen MR) is 74.4 cm³/mol. The number of halogens is 1. The summed E-state index contributed by atoms with van der Waals surface area (Å²) in [6.45, 7) is 6.42. The van der Waals surface area contributed by atoms with Gasteiger partial charge in [-0.15, -0.1) is 0 Å². The fourth-order valence-corrected chi connectivity index (χ4v) is 2.94. The average Bonchev–Trinajstić information content (AvgIpc) is 2.65. The number of carboxylic acid groups (broad SMARTS) is 1. The molecule has 2 rings (SSSR count). The second-order valence-corrected chi connectivity index (χ2v) is 6.05. The van der Waals surface area contributed by atoms with Crippen LogP contribution in [-0.4, -0.2) is 29.1 Å². The normalized spacial score (nSPS) is 24.4. The summed E-state index contributed by atoms with van der Waals surface area (Å²) in [5.41, 5.74) is 2.45. The molecule has 0 aromatic heterocycles. The Bertz CT molecular complexity index is 461. The van der Waals surface area contributed by atoms with Gasteiger partial charge in [-0.25, -0.2) is 0 Å². The maximum absolute atomic E-state index is 11.1. The van der Waals surface area contributed by atoms with Gasteiger partial charge in [0, 0.05) is 24.1 Å². The van der Waals surface area contributed by atoms with E-state index in [4.69, 9.17) is 5.11 Å². The van der Waals surface area contributed by atoms with E-state index in [1.165, 1.54) is 11.1 Å². The lowest BCUT2D eigenvalue weighted by Gasteiger charge is -2.15. The van der Waals surface area contributed by atoms with Gasteiger partial charge in [-0.05, 0) is 30.0 Å². The Kier molecular flexibility index (Phi) is 4.07. The van der Waals surface area contributed by atoms with E-state index in [-0.39, 0.29) is 11.8 Å². The van der Waals surface area contributed by atoms with E-state index in [1.54, 1.807) is 0 Å². The molecule has 18 heavy (non-hydrogen) atoms. The van der Waals surface area contributed by atoms with Crippen molar-refractivity contribution in [2.45, 2.75) is 20.4 Å². The molecule has 0 bridgehead atoms. The number of aliphatic carboxylic acids is 1. The molecule has 0 saturated carbocycles. The van der Waals surface area contributed by atoms with Crippen LogP contribution >= 0.6 is 15.9 Å². The second kappa shape index (κ2) is 5.41. The predicted octanol–water partition coefficient (Wildman–Crippen LogP) is 2.91. The molecule has 1 aromatic carbocycles. The standard InChI is InChI=1S/C14H18BrNO2/c1-9-3-4-11(5-13(9)15)7-16-6-10(2)12(8-16)14(17)18/h3-5,10,12H,6-8H2,1-2H3,(H,17,18)/t10-,12-/m1/s1. The van der Waals surface area contributed by atoms with Crippen molar-refractivity contribution in [1.82, 2.24) is 4.90 Å². The van der Waals surface area contributed by atoms with Gasteiger partial charge < -0.3 is 5.11 Å². The molecule has 1 aliphatic heterocycles. The van der Waals surface area contributed by atoms with Crippen LogP contribution in [0.2, 0.25) is 0 Å². The molecular weight excluding hydrogens is 294 g/mol. The Morgan fingerprint density at radius 3 is 2.78 bits per heavy atom. The van der Waals surface area contributed by atoms with Gasteiger partial charge in [-0.2, -0.15) is 0 Å². The fraction of sp³-hybridized carbons (Fsp3) is 0.500. The van der Waals surface area contributed by atoms with E-state index in [0.717, 1.165) is 17.6 Å². The zero-order chi connectivity index (χ0) is 13.3. The van der Waals surface area contributed by atoms with E-state index < -0.39 is 5.97 Å². The molecule has 1 fully saturated rings. The van der Waals surface area contributed by atoms with Crippen LogP contribution in [0.25, 0.3) is 0 Å². The van der Waals surface area contributed by atoms with Crippen LogP contribution in [0.4, 0.5) is 0 Å². The Morgan fingerprint density at radius 2 is 2.22 bits per heavy atom. The monoisotopic (exact) mass is 311 g/mol. The van der Waals surface area contributed by atoms with E-state index in [0.29, 0.717) is 6.54 Å². The summed E-state index contributed by atoms with van der Waals surface area (Å²) in [7, 11) is 0. The van der Waals surface area contributed by atoms with Gasteiger partial charge in [0.15, 0.2) is 0 Å². The summed E-state index contributed by atoms with van der Waals surface area (Å²) in [4.78, 5) is 13.3. The molecule has 0 radical (unpaired) electrons. The fourth-order valence-electron chi connectivity index (χ4n) is 2.51. The SMILES string of the molecule is Cc1ccc(CN2C[C@@H](C)[C@H](C(=O)O)C2)cc1Br. The molecule has 4 heteroatoms. The van der Waals surface area contributed by atoms with Gasteiger partial charge in [0.05, 0.1) is 5.92 Å². The van der Waals surface area contributed by atoms with Gasteiger partial charge in [0.1, 0.15) is 0 Å². The molecule has 1 saturated heterocycles. The highest BCUT2D eigenvalue weighted by atomic mass is 79.9. The highest BCUT2D eigenvalue weighted by Crippen LogP contribution is 2.26. The number of likely N-dealkylation sites (tertiary alicyclic amines) is 1. The van der Waals surface area contributed by atoms with Crippen molar-refractivity contribution in [2.75, 3.05) is 13.1 Å². The number of rotatable bonds is 3. The third-order valence-electron chi connectivity index (χ3n) is 3.65. The minimum Gasteiger partial charge on any atom is -0.481 e. The first-order valence-electron chi connectivity index (χ1n) is 6.17. The van der Waals surface area contributed by atoms with Gasteiger partial charge in [-0.3, -0.25) is 9.69 Å². The van der Waals surface area contributed by atoms with Crippen LogP contribution in [0.5, 0.6) is 0 Å². The third-order valence-corrected chi connectivity index (χ3v) is 4.50. The molecule has 0 unspecified atom stereocenters. The van der Waals surface area contributed by atoms with Gasteiger partial charge in [0.25, 0.3) is 0 Å². The maximum Gasteiger partial charge on any atom is 0.308 e. The van der Waals surface area contributed by atoms with Crippen LogP contribution < -0.4 is 0 Å². The number of hydrogen-bond acceptors (Lipinski definition) is 2. The number of carboxylic acids is 1. The first-order chi connectivity index (χ1) is 8.47. The Labute approximate surface area is 116 Å². The second-order valence-electron chi connectivity index (χ2n) is 5.20. The summed E-state index contributed by atoms with van der Waals surface area (Å²) in [6.07, 6.45) is 0. The molecular formula is C14H18BrNO2. The van der Waals surface area contributed by atoms with Crippen molar-refractivity contribution >= 4 is 21.9 Å². The van der Waals surface area contributed by atoms with Crippen LogP contribution in [0.3, 0.4) is 0 Å². The molecule has 1 heterocycles. The van der Waals surface area contributed by atoms with E-state index in [2.05, 4.69) is 46.0 Å². The van der Waals surface area contributed by atoms with Crippen molar-refractivity contribution in [2.24, 2.45) is 11.8 Å². The zero-order valence-electron chi connectivity index (χ0n) is 10.7. The van der Waals surface area contributed by atoms with Crippen LogP contribution in [0.15, 0.2) is 22.7 Å². The highest BCUT2D eigenvalue weighted by molar-refractivity contribution is 9.10. The lowest BCUT2D eigenvalue weighted by Crippen LogP contribution is -2.23. The molecule has 0 aliphatic carbocycles. The molecule has 1 N–H and O–H groups in total. The molecule has 98 valence electrons. The summed E-state index contributed by atoms with van der Waals surface area (Å²) >= 11 is 3.53. The first-order valence-corrected chi connectivity index (χ1v) is 6.97. The van der Waals surface area contributed by atoms with E-state index >= 15 is 0 Å². The smallest absolute Gasteiger partial charge is 0.308 e. The lowest BCUT2D eigenvalue weighted by molar-refractivity contribution is -0.142. The van der Waals surface area contributed by atoms with Gasteiger partial charge in [0.2, 0.25) is 0 Å². The van der Waals surface area contributed by atoms with Crippen molar-refractivity contribution in [3.05, 3.63) is 33.8 Å². The summed E-state index contributed by atoms with van der Waals surface area (Å²) in [5, 5.41) is 9.11. The Morgan fingerprint density at radius 1 is 1.50 bits per heavy atom. The first kappa shape index (κ1) is 13.6. The zero-order valence-corrected chi connectivity index (χ0v) is 12.3. The molecule has 1 aromatic rings. The number of nitrogens with zero attached hydrogens (tertiary/aromatic N) is 1. The summed E-state index contributed by atoms with van der Waals surface area (Å²) in [5.74, 6) is -0.662. The van der Waals surface area contributed by atoms with Gasteiger partial charge >= 0.3 is 5.97 Å². The highest BCUT2D eigenvalue weighted by Gasteiger charge is 2.34. The van der Waals surface area contributed by atoms with Crippen molar-refractivity contribution in [1.29, 1.82) is 0 Å². The van der Waals surface area contributed by atoms with E-state index in [9.17, 15) is 4.79 Å². The number of hydrogen-bond donors (Lipinski definition) is 1. The van der Waals surface area contributed by atoms with Crippen molar-refractivity contribution in [3.63, 3.8) is 0 Å². The minimum absolute atomic E-state index is 0.223. The number of benzene rings is 1. The summed E-state index contributed by atoms with van der Waals surface area (Å²) in [6, 6.07) is 6.32. The topological polar surface area (TPSA) is 40.5 Å². The van der Waals surface area contributed by atoms with Crippen molar-refractivity contribution in [3.8, 4) is 0 Å². The third kappa shape index (κ3) is 2.93. The molecule has 1 aliphatic rings. The number of carbonyl (C=O) groups is 1. The average molecular weight is 312 g/mol. The quantitative estimate of drug-likeness (QED) is 0.933. The Hall–Kier alpha value is -0.870. The van der Waals surface area contributed by atoms with Crippen LogP contribution in [0.1, 0.15) is 18.1 Å². The van der Waals surface area contributed by atoms with Crippen LogP contribution in [0, 0.1) is 18.8 Å². The number of aryl methyl sites for hydroxylation is 1. The molecule has 3 nitrogen and oxygen atoms in total.